The SMILES string of the molecule is CC(C)(C)C1OC(=O)C2(c3ccccc3)CC12. The normalized spacial score (nSPS) is 35.4. The molecule has 2 fully saturated rings. The minimum absolute atomic E-state index is 0.0198. The fourth-order valence-electron chi connectivity index (χ4n) is 3.16. The van der Waals surface area contributed by atoms with Gasteiger partial charge >= 0.3 is 5.97 Å². The Hall–Kier alpha value is -1.31. The van der Waals surface area contributed by atoms with E-state index in [2.05, 4.69) is 20.8 Å². The predicted octanol–water partition coefficient (Wildman–Crippen LogP) is 2.92. The quantitative estimate of drug-likeness (QED) is 0.693. The highest BCUT2D eigenvalue weighted by atomic mass is 16.6. The molecule has 0 radical (unpaired) electrons. The number of rotatable bonds is 1. The highest BCUT2D eigenvalue weighted by Crippen LogP contribution is 2.64. The van der Waals surface area contributed by atoms with Gasteiger partial charge in [0.15, 0.2) is 0 Å². The topological polar surface area (TPSA) is 26.3 Å². The minimum atomic E-state index is -0.320. The van der Waals surface area contributed by atoms with Crippen LogP contribution in [-0.4, -0.2) is 12.1 Å². The molecule has 0 N–H and O–H groups in total. The van der Waals surface area contributed by atoms with Crippen LogP contribution in [0.1, 0.15) is 32.8 Å². The third-order valence-electron chi connectivity index (χ3n) is 4.12. The van der Waals surface area contributed by atoms with Crippen molar-refractivity contribution in [2.24, 2.45) is 11.3 Å². The van der Waals surface area contributed by atoms with Crippen molar-refractivity contribution in [3.63, 3.8) is 0 Å². The van der Waals surface area contributed by atoms with E-state index in [4.69, 9.17) is 4.74 Å². The first-order valence-corrected chi connectivity index (χ1v) is 6.23. The van der Waals surface area contributed by atoms with E-state index < -0.39 is 0 Å². The summed E-state index contributed by atoms with van der Waals surface area (Å²) in [5.74, 6) is 0.353. The van der Waals surface area contributed by atoms with E-state index in [9.17, 15) is 4.79 Å². The summed E-state index contributed by atoms with van der Waals surface area (Å²) in [4.78, 5) is 12.2. The van der Waals surface area contributed by atoms with Crippen LogP contribution in [0.5, 0.6) is 0 Å². The van der Waals surface area contributed by atoms with E-state index in [1.807, 2.05) is 30.3 Å². The zero-order chi connectivity index (χ0) is 12.3. The lowest BCUT2D eigenvalue weighted by Crippen LogP contribution is -2.29. The number of ether oxygens (including phenoxy) is 1. The summed E-state index contributed by atoms with van der Waals surface area (Å²) in [6.45, 7) is 6.43. The van der Waals surface area contributed by atoms with Crippen LogP contribution in [0.25, 0.3) is 0 Å². The Morgan fingerprint density at radius 3 is 2.35 bits per heavy atom. The Kier molecular flexibility index (Phi) is 1.99. The average Bonchev–Trinajstić information content (AvgIpc) is 2.95. The molecule has 1 saturated heterocycles. The molecule has 0 amide bonds. The zero-order valence-corrected chi connectivity index (χ0v) is 10.6. The molecule has 2 nitrogen and oxygen atoms in total. The second-order valence-corrected chi connectivity index (χ2v) is 6.34. The summed E-state index contributed by atoms with van der Waals surface area (Å²) >= 11 is 0. The number of hydrogen-bond donors (Lipinski definition) is 0. The van der Waals surface area contributed by atoms with Crippen molar-refractivity contribution in [2.75, 3.05) is 0 Å². The van der Waals surface area contributed by atoms with Crippen LogP contribution in [0.15, 0.2) is 30.3 Å². The van der Waals surface area contributed by atoms with Crippen molar-refractivity contribution in [1.29, 1.82) is 0 Å². The number of carbonyl (C=O) groups is 1. The third-order valence-corrected chi connectivity index (χ3v) is 4.12. The van der Waals surface area contributed by atoms with E-state index in [0.717, 1.165) is 12.0 Å². The fraction of sp³-hybridized carbons (Fsp3) is 0.533. The largest absolute Gasteiger partial charge is 0.461 e. The monoisotopic (exact) mass is 230 g/mol. The lowest BCUT2D eigenvalue weighted by Gasteiger charge is -2.26. The molecule has 17 heavy (non-hydrogen) atoms. The molecule has 1 saturated carbocycles. The second kappa shape index (κ2) is 3.12. The maximum absolute atomic E-state index is 12.2. The van der Waals surface area contributed by atoms with Crippen molar-refractivity contribution in [3.8, 4) is 0 Å². The van der Waals surface area contributed by atoms with Crippen molar-refractivity contribution in [1.82, 2.24) is 0 Å². The van der Waals surface area contributed by atoms with Gasteiger partial charge in [0, 0.05) is 5.92 Å². The molecule has 1 heterocycles. The van der Waals surface area contributed by atoms with Crippen LogP contribution in [0.4, 0.5) is 0 Å². The fourth-order valence-corrected chi connectivity index (χ4v) is 3.16. The van der Waals surface area contributed by atoms with Crippen LogP contribution in [-0.2, 0) is 14.9 Å². The number of fused-ring (bicyclic) bond motifs is 1. The molecule has 3 unspecified atom stereocenters. The predicted molar refractivity (Wildman–Crippen MR) is 65.6 cm³/mol. The average molecular weight is 230 g/mol. The smallest absolute Gasteiger partial charge is 0.317 e. The van der Waals surface area contributed by atoms with Gasteiger partial charge in [0.05, 0.1) is 5.41 Å². The lowest BCUT2D eigenvalue weighted by atomic mass is 9.84. The van der Waals surface area contributed by atoms with Gasteiger partial charge in [-0.1, -0.05) is 51.1 Å². The highest BCUT2D eigenvalue weighted by Gasteiger charge is 2.72. The zero-order valence-electron chi connectivity index (χ0n) is 10.6. The molecule has 3 atom stereocenters. The first kappa shape index (κ1) is 10.8. The molecule has 1 aliphatic heterocycles. The molecule has 1 aromatic carbocycles. The molecular formula is C15H18O2. The van der Waals surface area contributed by atoms with Gasteiger partial charge in [-0.05, 0) is 17.4 Å². The van der Waals surface area contributed by atoms with Gasteiger partial charge in [0.25, 0.3) is 0 Å². The Morgan fingerprint density at radius 2 is 1.88 bits per heavy atom. The summed E-state index contributed by atoms with van der Waals surface area (Å²) in [6, 6.07) is 10.1. The molecule has 1 aliphatic carbocycles. The third kappa shape index (κ3) is 1.36. The van der Waals surface area contributed by atoms with Gasteiger partial charge in [0.2, 0.25) is 0 Å². The number of benzene rings is 1. The van der Waals surface area contributed by atoms with Gasteiger partial charge < -0.3 is 4.74 Å². The molecule has 0 bridgehead atoms. The Balaban J connectivity index is 1.97. The molecule has 90 valence electrons. The maximum atomic E-state index is 12.2. The molecule has 0 aromatic heterocycles. The van der Waals surface area contributed by atoms with Gasteiger partial charge in [-0.2, -0.15) is 0 Å². The molecule has 2 heteroatoms. The van der Waals surface area contributed by atoms with Gasteiger partial charge in [-0.25, -0.2) is 0 Å². The number of carbonyl (C=O) groups excluding carboxylic acids is 1. The first-order chi connectivity index (χ1) is 7.96. The summed E-state index contributed by atoms with van der Waals surface area (Å²) in [5.41, 5.74) is 0.841. The van der Waals surface area contributed by atoms with E-state index in [-0.39, 0.29) is 22.9 Å². The van der Waals surface area contributed by atoms with Gasteiger partial charge in [-0.15, -0.1) is 0 Å². The number of hydrogen-bond acceptors (Lipinski definition) is 2. The number of cyclic esters (lactones) is 1. The van der Waals surface area contributed by atoms with Crippen LogP contribution in [0, 0.1) is 11.3 Å². The second-order valence-electron chi connectivity index (χ2n) is 6.34. The molecule has 1 aromatic rings. The maximum Gasteiger partial charge on any atom is 0.317 e. The lowest BCUT2D eigenvalue weighted by molar-refractivity contribution is -0.150. The van der Waals surface area contributed by atoms with Crippen LogP contribution < -0.4 is 0 Å². The first-order valence-electron chi connectivity index (χ1n) is 6.23. The van der Waals surface area contributed by atoms with E-state index >= 15 is 0 Å². The number of esters is 1. The van der Waals surface area contributed by atoms with Gasteiger partial charge in [-0.3, -0.25) is 4.79 Å². The van der Waals surface area contributed by atoms with Crippen LogP contribution in [0.3, 0.4) is 0 Å². The van der Waals surface area contributed by atoms with E-state index in [1.165, 1.54) is 0 Å². The summed E-state index contributed by atoms with van der Waals surface area (Å²) in [6.07, 6.45) is 1.02. The molecule has 2 aliphatic rings. The summed E-state index contributed by atoms with van der Waals surface area (Å²) in [7, 11) is 0. The van der Waals surface area contributed by atoms with E-state index in [1.54, 1.807) is 0 Å². The summed E-state index contributed by atoms with van der Waals surface area (Å²) < 4.78 is 5.61. The van der Waals surface area contributed by atoms with Crippen LogP contribution in [0.2, 0.25) is 0 Å². The van der Waals surface area contributed by atoms with Crippen molar-refractivity contribution < 1.29 is 9.53 Å². The van der Waals surface area contributed by atoms with Gasteiger partial charge in [0.1, 0.15) is 6.10 Å². The van der Waals surface area contributed by atoms with Crippen molar-refractivity contribution in [3.05, 3.63) is 35.9 Å². The Labute approximate surface area is 102 Å². The minimum Gasteiger partial charge on any atom is -0.461 e. The standard InChI is InChI=1S/C15H18O2/c1-14(2,3)12-11-9-15(11,13(16)17-12)10-7-5-4-6-8-10/h4-8,11-12H,9H2,1-3H3. The van der Waals surface area contributed by atoms with Crippen molar-refractivity contribution in [2.45, 2.75) is 38.7 Å². The Bertz CT molecular complexity index is 458. The molecule has 0 spiro atoms. The van der Waals surface area contributed by atoms with E-state index in [0.29, 0.717) is 5.92 Å². The Morgan fingerprint density at radius 1 is 1.24 bits per heavy atom. The highest BCUT2D eigenvalue weighted by molar-refractivity contribution is 5.90. The van der Waals surface area contributed by atoms with Crippen molar-refractivity contribution >= 4 is 5.97 Å². The summed E-state index contributed by atoms with van der Waals surface area (Å²) in [5, 5.41) is 0. The van der Waals surface area contributed by atoms with Crippen LogP contribution >= 0.6 is 0 Å². The molecular weight excluding hydrogens is 212 g/mol. The molecule has 3 rings (SSSR count).